The second kappa shape index (κ2) is 3.54. The van der Waals surface area contributed by atoms with Gasteiger partial charge in [0.1, 0.15) is 28.5 Å². The molecule has 3 aromatic rings. The SMILES string of the molecule is O=Cn1cc2c3c(ccc(O)c31)Oc1ccc(O)cc1-2. The van der Waals surface area contributed by atoms with Crippen LogP contribution in [0, 0.1) is 0 Å². The molecule has 0 amide bonds. The van der Waals surface area contributed by atoms with Gasteiger partial charge in [0.05, 0.1) is 5.39 Å². The summed E-state index contributed by atoms with van der Waals surface area (Å²) < 4.78 is 7.08. The van der Waals surface area contributed by atoms with E-state index in [0.29, 0.717) is 34.4 Å². The molecule has 0 unspecified atom stereocenters. The van der Waals surface area contributed by atoms with E-state index in [1.54, 1.807) is 24.4 Å². The number of hydrogen-bond acceptors (Lipinski definition) is 4. The first-order chi connectivity index (χ1) is 9.69. The fraction of sp³-hybridized carbons (Fsp3) is 0. The number of hydrogen-bond donors (Lipinski definition) is 2. The number of phenolic OH excluding ortho intramolecular Hbond substituents is 2. The lowest BCUT2D eigenvalue weighted by molar-refractivity contribution is 0.463. The second-order valence-corrected chi connectivity index (χ2v) is 4.64. The maximum absolute atomic E-state index is 11.2. The number of aromatic nitrogens is 1. The molecule has 0 bridgehead atoms. The van der Waals surface area contributed by atoms with Gasteiger partial charge in [-0.3, -0.25) is 9.36 Å². The van der Waals surface area contributed by atoms with Crippen LogP contribution in [0.15, 0.2) is 36.5 Å². The quantitative estimate of drug-likeness (QED) is 0.520. The Morgan fingerprint density at radius 2 is 1.85 bits per heavy atom. The van der Waals surface area contributed by atoms with Crippen LogP contribution < -0.4 is 4.74 Å². The Balaban J connectivity index is 2.20. The van der Waals surface area contributed by atoms with Gasteiger partial charge in [0.25, 0.3) is 0 Å². The summed E-state index contributed by atoms with van der Waals surface area (Å²) in [5, 5.41) is 20.2. The lowest BCUT2D eigenvalue weighted by atomic mass is 10.00. The first-order valence-corrected chi connectivity index (χ1v) is 6.02. The molecule has 4 rings (SSSR count). The van der Waals surface area contributed by atoms with E-state index in [9.17, 15) is 15.0 Å². The van der Waals surface area contributed by atoms with Crippen molar-refractivity contribution in [2.75, 3.05) is 0 Å². The van der Waals surface area contributed by atoms with Gasteiger partial charge in [0, 0.05) is 17.3 Å². The smallest absolute Gasteiger partial charge is 0.218 e. The van der Waals surface area contributed by atoms with Gasteiger partial charge >= 0.3 is 0 Å². The summed E-state index contributed by atoms with van der Waals surface area (Å²) in [6.45, 7) is 0. The summed E-state index contributed by atoms with van der Waals surface area (Å²) in [6.07, 6.45) is 2.25. The molecule has 0 saturated carbocycles. The molecule has 5 nitrogen and oxygen atoms in total. The van der Waals surface area contributed by atoms with Crippen LogP contribution >= 0.6 is 0 Å². The van der Waals surface area contributed by atoms with E-state index >= 15 is 0 Å². The summed E-state index contributed by atoms with van der Waals surface area (Å²) in [5.41, 5.74) is 1.84. The number of aromatic hydroxyl groups is 2. The Labute approximate surface area is 113 Å². The van der Waals surface area contributed by atoms with Gasteiger partial charge in [-0.25, -0.2) is 0 Å². The lowest BCUT2D eigenvalue weighted by Gasteiger charge is -2.18. The molecule has 1 aliphatic heterocycles. The molecule has 0 fully saturated rings. The third-order valence-electron chi connectivity index (χ3n) is 3.50. The highest BCUT2D eigenvalue weighted by Gasteiger charge is 2.25. The Morgan fingerprint density at radius 3 is 2.65 bits per heavy atom. The van der Waals surface area contributed by atoms with Crippen LogP contribution in [-0.4, -0.2) is 21.2 Å². The Kier molecular flexibility index (Phi) is 1.93. The minimum Gasteiger partial charge on any atom is -0.508 e. The molecule has 2 heterocycles. The van der Waals surface area contributed by atoms with Crippen LogP contribution in [0.5, 0.6) is 23.0 Å². The molecule has 20 heavy (non-hydrogen) atoms. The van der Waals surface area contributed by atoms with Crippen LogP contribution in [0.3, 0.4) is 0 Å². The molecule has 1 aliphatic rings. The predicted octanol–water partition coefficient (Wildman–Crippen LogP) is 2.86. The minimum absolute atomic E-state index is 0.00861. The van der Waals surface area contributed by atoms with E-state index in [1.807, 2.05) is 0 Å². The molecule has 2 aromatic carbocycles. The predicted molar refractivity (Wildman–Crippen MR) is 72.9 cm³/mol. The van der Waals surface area contributed by atoms with Gasteiger partial charge in [0.2, 0.25) is 6.41 Å². The van der Waals surface area contributed by atoms with E-state index in [0.717, 1.165) is 5.56 Å². The van der Waals surface area contributed by atoms with E-state index in [1.165, 1.54) is 16.7 Å². The van der Waals surface area contributed by atoms with Crippen LogP contribution in [0.1, 0.15) is 0 Å². The van der Waals surface area contributed by atoms with Crippen molar-refractivity contribution in [3.63, 3.8) is 0 Å². The summed E-state index contributed by atoms with van der Waals surface area (Å²) in [6, 6.07) is 7.94. The first kappa shape index (κ1) is 10.9. The molecule has 0 atom stereocenters. The highest BCUT2D eigenvalue weighted by Crippen LogP contribution is 2.49. The van der Waals surface area contributed by atoms with Crippen LogP contribution in [-0.2, 0) is 4.79 Å². The first-order valence-electron chi connectivity index (χ1n) is 6.02. The van der Waals surface area contributed by atoms with Crippen molar-refractivity contribution in [1.82, 2.24) is 4.57 Å². The number of nitrogens with zero attached hydrogens (tertiary/aromatic N) is 1. The average Bonchev–Trinajstić information content (AvgIpc) is 2.84. The van der Waals surface area contributed by atoms with Crippen LogP contribution in [0.4, 0.5) is 0 Å². The van der Waals surface area contributed by atoms with Gasteiger partial charge in [-0.1, -0.05) is 0 Å². The van der Waals surface area contributed by atoms with Gasteiger partial charge in [-0.15, -0.1) is 0 Å². The molecular formula is C15H9NO4. The summed E-state index contributed by atoms with van der Waals surface area (Å²) in [4.78, 5) is 11.2. The lowest BCUT2D eigenvalue weighted by Crippen LogP contribution is -1.94. The molecule has 2 N–H and O–H groups in total. The topological polar surface area (TPSA) is 71.7 Å². The molecule has 0 radical (unpaired) electrons. The number of ether oxygens (including phenoxy) is 1. The van der Waals surface area contributed by atoms with Gasteiger partial charge in [0.15, 0.2) is 0 Å². The standard InChI is InChI=1S/C15H9NO4/c17-7-16-6-10-9-5-8(18)1-3-12(9)20-13-4-2-11(19)15(16)14(10)13/h1-7,18-19H. The van der Waals surface area contributed by atoms with Crippen LogP contribution in [0.2, 0.25) is 0 Å². The number of carbonyl (C=O) groups is 1. The zero-order chi connectivity index (χ0) is 13.9. The van der Waals surface area contributed by atoms with E-state index in [-0.39, 0.29) is 11.5 Å². The van der Waals surface area contributed by atoms with E-state index < -0.39 is 0 Å². The number of benzene rings is 2. The zero-order valence-corrected chi connectivity index (χ0v) is 10.2. The maximum atomic E-state index is 11.2. The number of carbonyl (C=O) groups excluding carboxylic acids is 1. The normalized spacial score (nSPS) is 12.0. The van der Waals surface area contributed by atoms with Gasteiger partial charge < -0.3 is 14.9 Å². The summed E-state index contributed by atoms with van der Waals surface area (Å²) in [7, 11) is 0. The Bertz CT molecular complexity index is 879. The third-order valence-corrected chi connectivity index (χ3v) is 3.50. The highest BCUT2D eigenvalue weighted by molar-refractivity contribution is 6.07. The third kappa shape index (κ3) is 1.23. The van der Waals surface area contributed by atoms with Crippen molar-refractivity contribution in [2.24, 2.45) is 0 Å². The molecule has 0 aliphatic carbocycles. The van der Waals surface area contributed by atoms with E-state index in [4.69, 9.17) is 4.74 Å². The van der Waals surface area contributed by atoms with Crippen molar-refractivity contribution in [1.29, 1.82) is 0 Å². The average molecular weight is 267 g/mol. The molecule has 0 spiro atoms. The van der Waals surface area contributed by atoms with Crippen LogP contribution in [0.25, 0.3) is 22.0 Å². The number of fused-ring (bicyclic) bond motifs is 2. The highest BCUT2D eigenvalue weighted by atomic mass is 16.5. The molecule has 98 valence electrons. The Morgan fingerprint density at radius 1 is 1.05 bits per heavy atom. The van der Waals surface area contributed by atoms with Crippen molar-refractivity contribution in [2.45, 2.75) is 0 Å². The van der Waals surface area contributed by atoms with E-state index in [2.05, 4.69) is 0 Å². The zero-order valence-electron chi connectivity index (χ0n) is 10.2. The molecule has 1 aromatic heterocycles. The monoisotopic (exact) mass is 267 g/mol. The fourth-order valence-electron chi connectivity index (χ4n) is 2.66. The summed E-state index contributed by atoms with van der Waals surface area (Å²) >= 11 is 0. The molecular weight excluding hydrogens is 258 g/mol. The van der Waals surface area contributed by atoms with Gasteiger partial charge in [-0.05, 0) is 30.3 Å². The molecule has 0 saturated heterocycles. The Hall–Kier alpha value is -2.95. The van der Waals surface area contributed by atoms with Gasteiger partial charge in [-0.2, -0.15) is 0 Å². The second-order valence-electron chi connectivity index (χ2n) is 4.64. The number of phenols is 2. The van der Waals surface area contributed by atoms with Crippen molar-refractivity contribution in [3.8, 4) is 34.1 Å². The minimum atomic E-state index is 0.00861. The summed E-state index contributed by atoms with van der Waals surface area (Å²) in [5.74, 6) is 1.30. The number of rotatable bonds is 1. The molecule has 5 heteroatoms. The van der Waals surface area contributed by atoms with Crippen molar-refractivity contribution >= 4 is 17.3 Å². The fourth-order valence-corrected chi connectivity index (χ4v) is 2.66. The van der Waals surface area contributed by atoms with Crippen molar-refractivity contribution < 1.29 is 19.7 Å². The van der Waals surface area contributed by atoms with Crippen molar-refractivity contribution in [3.05, 3.63) is 36.5 Å². The maximum Gasteiger partial charge on any atom is 0.218 e. The largest absolute Gasteiger partial charge is 0.508 e.